The third-order valence-corrected chi connectivity index (χ3v) is 2.79. The Kier molecular flexibility index (Phi) is 2.40. The van der Waals surface area contributed by atoms with E-state index in [9.17, 15) is 9.90 Å². The average Bonchev–Trinajstić information content (AvgIpc) is 2.28. The monoisotopic (exact) mass is 215 g/mol. The van der Waals surface area contributed by atoms with E-state index in [4.69, 9.17) is 5.73 Å². The van der Waals surface area contributed by atoms with Crippen LogP contribution in [0.4, 0.5) is 0 Å². The van der Waals surface area contributed by atoms with Crippen LogP contribution in [0.25, 0.3) is 10.8 Å². The lowest BCUT2D eigenvalue weighted by atomic mass is 9.93. The van der Waals surface area contributed by atoms with Gasteiger partial charge >= 0.3 is 0 Å². The maximum atomic E-state index is 11.1. The molecule has 1 amide bonds. The van der Waals surface area contributed by atoms with Crippen LogP contribution in [0.15, 0.2) is 42.5 Å². The van der Waals surface area contributed by atoms with Crippen molar-refractivity contribution >= 4 is 16.7 Å². The Labute approximate surface area is 93.5 Å². The second-order valence-corrected chi connectivity index (χ2v) is 4.00. The smallest absolute Gasteiger partial charge is 0.253 e. The van der Waals surface area contributed by atoms with Crippen molar-refractivity contribution in [2.45, 2.75) is 12.5 Å². The van der Waals surface area contributed by atoms with E-state index in [2.05, 4.69) is 0 Å². The number of fused-ring (bicyclic) bond motifs is 1. The van der Waals surface area contributed by atoms with Gasteiger partial charge in [0, 0.05) is 0 Å². The largest absolute Gasteiger partial charge is 0.376 e. The number of amides is 1. The van der Waals surface area contributed by atoms with Crippen molar-refractivity contribution in [3.8, 4) is 0 Å². The van der Waals surface area contributed by atoms with Crippen LogP contribution in [0.1, 0.15) is 12.5 Å². The van der Waals surface area contributed by atoms with E-state index in [0.717, 1.165) is 10.8 Å². The first-order chi connectivity index (χ1) is 7.51. The van der Waals surface area contributed by atoms with Crippen molar-refractivity contribution < 1.29 is 9.90 Å². The van der Waals surface area contributed by atoms with E-state index >= 15 is 0 Å². The van der Waals surface area contributed by atoms with Crippen LogP contribution in [-0.2, 0) is 10.4 Å². The molecule has 0 radical (unpaired) electrons. The van der Waals surface area contributed by atoms with Gasteiger partial charge in [-0.05, 0) is 29.3 Å². The summed E-state index contributed by atoms with van der Waals surface area (Å²) in [5.74, 6) is -0.747. The van der Waals surface area contributed by atoms with Crippen LogP contribution >= 0.6 is 0 Å². The Balaban J connectivity index is 2.59. The molecular weight excluding hydrogens is 202 g/mol. The first-order valence-electron chi connectivity index (χ1n) is 5.03. The Morgan fingerprint density at radius 2 is 1.81 bits per heavy atom. The maximum absolute atomic E-state index is 11.1. The van der Waals surface area contributed by atoms with Gasteiger partial charge in [0.2, 0.25) is 0 Å². The number of nitrogens with two attached hydrogens (primary N) is 1. The van der Waals surface area contributed by atoms with Gasteiger partial charge in [-0.2, -0.15) is 0 Å². The van der Waals surface area contributed by atoms with Gasteiger partial charge in [-0.1, -0.05) is 36.4 Å². The Hall–Kier alpha value is -1.87. The predicted molar refractivity (Wildman–Crippen MR) is 62.7 cm³/mol. The summed E-state index contributed by atoms with van der Waals surface area (Å²) < 4.78 is 0. The van der Waals surface area contributed by atoms with Gasteiger partial charge in [-0.3, -0.25) is 4.79 Å². The van der Waals surface area contributed by atoms with E-state index in [0.29, 0.717) is 5.56 Å². The molecule has 0 aromatic heterocycles. The van der Waals surface area contributed by atoms with Crippen molar-refractivity contribution in [3.63, 3.8) is 0 Å². The summed E-state index contributed by atoms with van der Waals surface area (Å²) in [5, 5.41) is 12.0. The molecule has 0 fully saturated rings. The van der Waals surface area contributed by atoms with Crippen molar-refractivity contribution in [2.75, 3.05) is 0 Å². The van der Waals surface area contributed by atoms with E-state index in [1.165, 1.54) is 6.92 Å². The number of benzene rings is 2. The minimum Gasteiger partial charge on any atom is -0.376 e. The zero-order valence-corrected chi connectivity index (χ0v) is 8.97. The molecule has 1 atom stereocenters. The van der Waals surface area contributed by atoms with Gasteiger partial charge in [0.15, 0.2) is 5.60 Å². The molecule has 3 nitrogen and oxygen atoms in total. The normalized spacial score (nSPS) is 14.6. The fourth-order valence-corrected chi connectivity index (χ4v) is 1.63. The molecule has 0 spiro atoms. The third-order valence-electron chi connectivity index (χ3n) is 2.79. The fraction of sp³-hybridized carbons (Fsp3) is 0.154. The highest BCUT2D eigenvalue weighted by Crippen LogP contribution is 2.24. The molecule has 82 valence electrons. The molecule has 3 heteroatoms. The molecule has 2 aromatic carbocycles. The summed E-state index contributed by atoms with van der Waals surface area (Å²) in [7, 11) is 0. The Bertz CT molecular complexity index is 546. The maximum Gasteiger partial charge on any atom is 0.253 e. The van der Waals surface area contributed by atoms with E-state index in [1.54, 1.807) is 12.1 Å². The average molecular weight is 215 g/mol. The van der Waals surface area contributed by atoms with E-state index < -0.39 is 11.5 Å². The summed E-state index contributed by atoms with van der Waals surface area (Å²) in [6.45, 7) is 1.40. The predicted octanol–water partition coefficient (Wildman–Crippen LogP) is 1.53. The first kappa shape index (κ1) is 10.6. The van der Waals surface area contributed by atoms with Gasteiger partial charge < -0.3 is 10.8 Å². The fourth-order valence-electron chi connectivity index (χ4n) is 1.63. The topological polar surface area (TPSA) is 63.3 Å². The zero-order chi connectivity index (χ0) is 11.8. The molecule has 0 saturated heterocycles. The molecular formula is C13H13NO2. The number of carbonyl (C=O) groups excluding carboxylic acids is 1. The molecule has 0 aliphatic heterocycles. The van der Waals surface area contributed by atoms with Crippen LogP contribution in [0.3, 0.4) is 0 Å². The summed E-state index contributed by atoms with van der Waals surface area (Å²) in [6.07, 6.45) is 0. The molecule has 0 saturated carbocycles. The van der Waals surface area contributed by atoms with Crippen LogP contribution in [0.2, 0.25) is 0 Å². The molecule has 16 heavy (non-hydrogen) atoms. The molecule has 0 heterocycles. The highest BCUT2D eigenvalue weighted by atomic mass is 16.3. The van der Waals surface area contributed by atoms with Gasteiger partial charge in [-0.15, -0.1) is 0 Å². The molecule has 0 aliphatic carbocycles. The zero-order valence-electron chi connectivity index (χ0n) is 8.97. The standard InChI is InChI=1S/C13H13NO2/c1-13(16,12(14)15)11-7-6-9-4-2-3-5-10(9)8-11/h2-8,16H,1H3,(H2,14,15). The van der Waals surface area contributed by atoms with Crippen LogP contribution in [-0.4, -0.2) is 11.0 Å². The minimum atomic E-state index is -1.62. The number of rotatable bonds is 2. The summed E-state index contributed by atoms with van der Waals surface area (Å²) in [5.41, 5.74) is 4.05. The number of carbonyl (C=O) groups is 1. The third kappa shape index (κ3) is 1.66. The first-order valence-corrected chi connectivity index (χ1v) is 5.03. The lowest BCUT2D eigenvalue weighted by Gasteiger charge is -2.19. The van der Waals surface area contributed by atoms with Crippen molar-refractivity contribution in [3.05, 3.63) is 48.0 Å². The SMILES string of the molecule is CC(O)(C(N)=O)c1ccc2ccccc2c1. The van der Waals surface area contributed by atoms with Gasteiger partial charge in [-0.25, -0.2) is 0 Å². The van der Waals surface area contributed by atoms with E-state index in [1.807, 2.05) is 30.3 Å². The Morgan fingerprint density at radius 1 is 1.19 bits per heavy atom. The number of aliphatic hydroxyl groups is 1. The highest BCUT2D eigenvalue weighted by Gasteiger charge is 2.29. The van der Waals surface area contributed by atoms with Gasteiger partial charge in [0.25, 0.3) is 5.91 Å². The van der Waals surface area contributed by atoms with Crippen LogP contribution in [0.5, 0.6) is 0 Å². The van der Waals surface area contributed by atoms with Crippen LogP contribution < -0.4 is 5.73 Å². The van der Waals surface area contributed by atoms with Crippen LogP contribution in [0, 0.1) is 0 Å². The second kappa shape index (κ2) is 3.61. The summed E-state index contributed by atoms with van der Waals surface area (Å²) in [4.78, 5) is 11.1. The summed E-state index contributed by atoms with van der Waals surface area (Å²) in [6, 6.07) is 13.1. The van der Waals surface area contributed by atoms with E-state index in [-0.39, 0.29) is 0 Å². The molecule has 3 N–H and O–H groups in total. The minimum absolute atomic E-state index is 0.513. The lowest BCUT2D eigenvalue weighted by Crippen LogP contribution is -2.38. The number of primary amides is 1. The number of hydrogen-bond acceptors (Lipinski definition) is 2. The van der Waals surface area contributed by atoms with Crippen molar-refractivity contribution in [1.29, 1.82) is 0 Å². The molecule has 0 aliphatic rings. The van der Waals surface area contributed by atoms with Gasteiger partial charge in [0.05, 0.1) is 0 Å². The quantitative estimate of drug-likeness (QED) is 0.798. The molecule has 0 bridgehead atoms. The number of hydrogen-bond donors (Lipinski definition) is 2. The lowest BCUT2D eigenvalue weighted by molar-refractivity contribution is -0.135. The molecule has 1 unspecified atom stereocenters. The highest BCUT2D eigenvalue weighted by molar-refractivity contribution is 5.88. The second-order valence-electron chi connectivity index (χ2n) is 4.00. The van der Waals surface area contributed by atoms with Crippen molar-refractivity contribution in [1.82, 2.24) is 0 Å². The van der Waals surface area contributed by atoms with Gasteiger partial charge in [0.1, 0.15) is 0 Å². The summed E-state index contributed by atoms with van der Waals surface area (Å²) >= 11 is 0. The Morgan fingerprint density at radius 3 is 2.44 bits per heavy atom. The molecule has 2 aromatic rings. The van der Waals surface area contributed by atoms with Crippen molar-refractivity contribution in [2.24, 2.45) is 5.73 Å². The molecule has 2 rings (SSSR count).